The van der Waals surface area contributed by atoms with E-state index in [0.717, 1.165) is 30.5 Å². The Hall–Kier alpha value is -2.69. The molecule has 208 valence electrons. The Kier molecular flexibility index (Phi) is 9.04. The normalized spacial score (nSPS) is 17.3. The number of nitrogens with one attached hydrogen (secondary N) is 1. The van der Waals surface area contributed by atoms with Gasteiger partial charge in [-0.2, -0.15) is 4.31 Å². The fraction of sp³-hybridized carbons (Fsp3) is 0.483. The van der Waals surface area contributed by atoms with Gasteiger partial charge in [0.15, 0.2) is 11.0 Å². The molecule has 0 atom stereocenters. The van der Waals surface area contributed by atoms with Gasteiger partial charge in [0.2, 0.25) is 15.9 Å². The highest BCUT2D eigenvalue weighted by atomic mass is 32.2. The summed E-state index contributed by atoms with van der Waals surface area (Å²) >= 11 is 1.34. The topological polar surface area (TPSA) is 97.2 Å². The molecular formula is C29H37N5O3S2. The van der Waals surface area contributed by atoms with Gasteiger partial charge >= 0.3 is 0 Å². The Balaban J connectivity index is 1.20. The molecule has 0 spiro atoms. The van der Waals surface area contributed by atoms with Gasteiger partial charge in [0, 0.05) is 30.9 Å². The number of hydrogen-bond acceptors (Lipinski definition) is 6. The molecule has 2 aliphatic rings. The molecule has 1 N–H and O–H groups in total. The van der Waals surface area contributed by atoms with Crippen LogP contribution in [0.1, 0.15) is 69.8 Å². The molecule has 3 aromatic rings. The number of amides is 1. The molecule has 1 aliphatic carbocycles. The van der Waals surface area contributed by atoms with Crippen LogP contribution in [-0.4, -0.2) is 52.2 Å². The predicted octanol–water partition coefficient (Wildman–Crippen LogP) is 5.92. The summed E-state index contributed by atoms with van der Waals surface area (Å²) in [6.07, 6.45) is 9.34. The van der Waals surface area contributed by atoms with Crippen molar-refractivity contribution in [3.05, 3.63) is 54.1 Å². The molecule has 2 heterocycles. The zero-order valence-corrected chi connectivity index (χ0v) is 24.1. The minimum atomic E-state index is -3.48. The minimum Gasteiger partial charge on any atom is -0.325 e. The van der Waals surface area contributed by atoms with Gasteiger partial charge in [-0.3, -0.25) is 4.79 Å². The van der Waals surface area contributed by atoms with Gasteiger partial charge in [0.05, 0.1) is 10.6 Å². The largest absolute Gasteiger partial charge is 0.325 e. The number of hydrogen-bond donors (Lipinski definition) is 1. The summed E-state index contributed by atoms with van der Waals surface area (Å²) in [6.45, 7) is 3.78. The van der Waals surface area contributed by atoms with Gasteiger partial charge in [-0.1, -0.05) is 49.6 Å². The van der Waals surface area contributed by atoms with Crippen LogP contribution in [0.4, 0.5) is 5.69 Å². The molecule has 1 aromatic heterocycles. The summed E-state index contributed by atoms with van der Waals surface area (Å²) in [6, 6.07) is 15.1. The van der Waals surface area contributed by atoms with E-state index in [1.54, 1.807) is 28.6 Å². The molecule has 2 fully saturated rings. The Morgan fingerprint density at radius 1 is 0.923 bits per heavy atom. The highest BCUT2D eigenvalue weighted by molar-refractivity contribution is 7.99. The predicted molar refractivity (Wildman–Crippen MR) is 155 cm³/mol. The third-order valence-corrected chi connectivity index (χ3v) is 10.6. The van der Waals surface area contributed by atoms with Crippen LogP contribution in [0, 0.1) is 0 Å². The van der Waals surface area contributed by atoms with Crippen molar-refractivity contribution in [1.82, 2.24) is 19.1 Å². The summed E-state index contributed by atoms with van der Waals surface area (Å²) < 4.78 is 29.5. The van der Waals surface area contributed by atoms with E-state index in [-0.39, 0.29) is 11.7 Å². The molecular weight excluding hydrogens is 530 g/mol. The zero-order valence-electron chi connectivity index (χ0n) is 22.5. The molecule has 2 aromatic carbocycles. The fourth-order valence-corrected chi connectivity index (χ4v) is 7.85. The van der Waals surface area contributed by atoms with Gasteiger partial charge in [-0.05, 0) is 80.5 Å². The van der Waals surface area contributed by atoms with Crippen LogP contribution in [-0.2, 0) is 21.4 Å². The van der Waals surface area contributed by atoms with Crippen LogP contribution in [0.15, 0.2) is 58.6 Å². The van der Waals surface area contributed by atoms with Gasteiger partial charge < -0.3 is 9.88 Å². The Labute approximate surface area is 235 Å². The monoisotopic (exact) mass is 567 g/mol. The lowest BCUT2D eigenvalue weighted by Gasteiger charge is -2.25. The third-order valence-electron chi connectivity index (χ3n) is 7.70. The number of benzene rings is 2. The molecule has 10 heteroatoms. The molecule has 8 nitrogen and oxygen atoms in total. The van der Waals surface area contributed by atoms with Crippen LogP contribution in [0.25, 0.3) is 11.4 Å². The number of carbonyl (C=O) groups excluding carboxylic acids is 1. The zero-order chi connectivity index (χ0) is 27.2. The minimum absolute atomic E-state index is 0.0927. The van der Waals surface area contributed by atoms with Gasteiger partial charge in [-0.25, -0.2) is 8.42 Å². The fourth-order valence-electron chi connectivity index (χ4n) is 5.53. The van der Waals surface area contributed by atoms with E-state index in [1.165, 1.54) is 49.4 Å². The number of sulfonamides is 1. The Morgan fingerprint density at radius 2 is 1.59 bits per heavy atom. The second-order valence-electron chi connectivity index (χ2n) is 10.3. The summed E-state index contributed by atoms with van der Waals surface area (Å²) in [4.78, 5) is 13.0. The molecule has 0 unspecified atom stereocenters. The second kappa shape index (κ2) is 12.7. The van der Waals surface area contributed by atoms with Crippen LogP contribution < -0.4 is 5.32 Å². The quantitative estimate of drug-likeness (QED) is 0.323. The van der Waals surface area contributed by atoms with E-state index in [0.29, 0.717) is 41.4 Å². The molecule has 1 amide bonds. The van der Waals surface area contributed by atoms with Crippen LogP contribution >= 0.6 is 11.8 Å². The number of anilines is 1. The number of rotatable bonds is 9. The van der Waals surface area contributed by atoms with E-state index in [1.807, 2.05) is 23.6 Å². The van der Waals surface area contributed by atoms with Crippen molar-refractivity contribution in [1.29, 1.82) is 0 Å². The molecule has 1 saturated heterocycles. The second-order valence-corrected chi connectivity index (χ2v) is 13.2. The summed E-state index contributed by atoms with van der Waals surface area (Å²) in [7, 11) is -3.48. The lowest BCUT2D eigenvalue weighted by molar-refractivity contribution is -0.113. The summed E-state index contributed by atoms with van der Waals surface area (Å²) in [5.41, 5.74) is 2.96. The number of thioether (sulfide) groups is 1. The maximum Gasteiger partial charge on any atom is 0.243 e. The van der Waals surface area contributed by atoms with Crippen molar-refractivity contribution in [2.24, 2.45) is 0 Å². The lowest BCUT2D eigenvalue weighted by atomic mass is 9.84. The maximum absolute atomic E-state index is 13.0. The van der Waals surface area contributed by atoms with E-state index in [9.17, 15) is 13.2 Å². The van der Waals surface area contributed by atoms with Crippen molar-refractivity contribution in [3.63, 3.8) is 0 Å². The number of aromatic nitrogens is 3. The highest BCUT2D eigenvalue weighted by Gasteiger charge is 2.26. The SMILES string of the molecule is CCn1c(SCC(=O)Nc2ccc(C3CCCCC3)cc2)nnc1-c1ccc(S(=O)(=O)N2CCCCC2)cc1. The average molecular weight is 568 g/mol. The standard InChI is InChI=1S/C29H37N5O3S2/c1-2-34-28(24-13-17-26(18-14-24)39(36,37)33-19-7-4-8-20-33)31-32-29(34)38-21-27(35)30-25-15-11-23(12-16-25)22-9-5-3-6-10-22/h11-18,22H,2-10,19-21H2,1H3,(H,30,35). The van der Waals surface area contributed by atoms with Crippen LogP contribution in [0.5, 0.6) is 0 Å². The van der Waals surface area contributed by atoms with Crippen molar-refractivity contribution in [2.45, 2.75) is 80.8 Å². The Bertz CT molecular complexity index is 1360. The van der Waals surface area contributed by atoms with Crippen molar-refractivity contribution in [3.8, 4) is 11.4 Å². The van der Waals surface area contributed by atoms with Crippen molar-refractivity contribution in [2.75, 3.05) is 24.2 Å². The molecule has 1 saturated carbocycles. The van der Waals surface area contributed by atoms with Gasteiger partial charge in [0.25, 0.3) is 0 Å². The molecule has 39 heavy (non-hydrogen) atoms. The number of carbonyl (C=O) groups is 1. The summed E-state index contributed by atoms with van der Waals surface area (Å²) in [5.74, 6) is 1.42. The molecule has 1 aliphatic heterocycles. The van der Waals surface area contributed by atoms with Crippen molar-refractivity contribution < 1.29 is 13.2 Å². The van der Waals surface area contributed by atoms with E-state index in [4.69, 9.17) is 0 Å². The van der Waals surface area contributed by atoms with E-state index in [2.05, 4.69) is 27.6 Å². The lowest BCUT2D eigenvalue weighted by Crippen LogP contribution is -2.35. The Morgan fingerprint density at radius 3 is 2.26 bits per heavy atom. The van der Waals surface area contributed by atoms with Gasteiger partial charge in [0.1, 0.15) is 0 Å². The molecule has 0 bridgehead atoms. The van der Waals surface area contributed by atoms with Gasteiger partial charge in [-0.15, -0.1) is 10.2 Å². The number of piperidine rings is 1. The number of nitrogens with zero attached hydrogens (tertiary/aromatic N) is 4. The van der Waals surface area contributed by atoms with E-state index < -0.39 is 10.0 Å². The molecule has 0 radical (unpaired) electrons. The first-order chi connectivity index (χ1) is 19.0. The summed E-state index contributed by atoms with van der Waals surface area (Å²) in [5, 5.41) is 12.3. The first kappa shape index (κ1) is 27.9. The first-order valence-corrected chi connectivity index (χ1v) is 16.4. The third kappa shape index (κ3) is 6.56. The first-order valence-electron chi connectivity index (χ1n) is 14.0. The van der Waals surface area contributed by atoms with Crippen molar-refractivity contribution >= 4 is 33.4 Å². The average Bonchev–Trinajstić information content (AvgIpc) is 3.40. The molecule has 5 rings (SSSR count). The highest BCUT2D eigenvalue weighted by Crippen LogP contribution is 2.33. The van der Waals surface area contributed by atoms with Crippen LogP contribution in [0.2, 0.25) is 0 Å². The van der Waals surface area contributed by atoms with E-state index >= 15 is 0 Å². The maximum atomic E-state index is 13.0. The smallest absolute Gasteiger partial charge is 0.243 e. The van der Waals surface area contributed by atoms with Crippen LogP contribution in [0.3, 0.4) is 0 Å².